The van der Waals surface area contributed by atoms with Gasteiger partial charge in [0, 0.05) is 6.54 Å². The van der Waals surface area contributed by atoms with Crippen LogP contribution < -0.4 is 5.73 Å². The number of carbonyl (C=O) groups is 2. The van der Waals surface area contributed by atoms with Gasteiger partial charge < -0.3 is 15.9 Å². The van der Waals surface area contributed by atoms with Crippen LogP contribution in [0, 0.1) is 0 Å². The van der Waals surface area contributed by atoms with Crippen molar-refractivity contribution in [3.8, 4) is 0 Å². The molecule has 78 valence electrons. The fourth-order valence-corrected chi connectivity index (χ4v) is 0.123. The molecule has 0 unspecified atom stereocenters. The highest BCUT2D eigenvalue weighted by Crippen LogP contribution is 2.13. The SMILES string of the molecule is NCCC(=O)O.O=C(O)C(F)(F)F. The lowest BCUT2D eigenvalue weighted by molar-refractivity contribution is -0.192. The quantitative estimate of drug-likeness (QED) is 0.588. The summed E-state index contributed by atoms with van der Waals surface area (Å²) in [7, 11) is 0. The lowest BCUT2D eigenvalue weighted by Gasteiger charge is -1.93. The second kappa shape index (κ2) is 6.23. The summed E-state index contributed by atoms with van der Waals surface area (Å²) in [5.74, 6) is -3.59. The van der Waals surface area contributed by atoms with E-state index in [1.807, 2.05) is 0 Å². The van der Waals surface area contributed by atoms with Crippen LogP contribution in [0.5, 0.6) is 0 Å². The summed E-state index contributed by atoms with van der Waals surface area (Å²) in [6, 6.07) is 0. The summed E-state index contributed by atoms with van der Waals surface area (Å²) >= 11 is 0. The van der Waals surface area contributed by atoms with Gasteiger partial charge in [0.25, 0.3) is 0 Å². The largest absolute Gasteiger partial charge is 0.490 e. The van der Waals surface area contributed by atoms with Crippen molar-refractivity contribution in [3.05, 3.63) is 0 Å². The first-order chi connectivity index (χ1) is 5.71. The van der Waals surface area contributed by atoms with E-state index >= 15 is 0 Å². The molecule has 5 nitrogen and oxygen atoms in total. The first kappa shape index (κ1) is 14.2. The molecule has 0 aromatic carbocycles. The first-order valence-corrected chi connectivity index (χ1v) is 2.93. The van der Waals surface area contributed by atoms with E-state index in [2.05, 4.69) is 0 Å². The van der Waals surface area contributed by atoms with Gasteiger partial charge in [0.2, 0.25) is 0 Å². The van der Waals surface area contributed by atoms with Crippen molar-refractivity contribution in [3.63, 3.8) is 0 Å². The van der Waals surface area contributed by atoms with Crippen LogP contribution in [0.4, 0.5) is 13.2 Å². The maximum absolute atomic E-state index is 10.6. The monoisotopic (exact) mass is 203 g/mol. The molecular formula is C5H8F3NO4. The molecule has 0 radical (unpaired) electrons. The molecule has 0 bridgehead atoms. The van der Waals surface area contributed by atoms with Crippen LogP contribution in [0.3, 0.4) is 0 Å². The zero-order chi connectivity index (χ0) is 11.1. The normalized spacial score (nSPS) is 9.85. The molecule has 0 fully saturated rings. The average Bonchev–Trinajstić information content (AvgIpc) is 1.85. The van der Waals surface area contributed by atoms with Crippen LogP contribution >= 0.6 is 0 Å². The molecular weight excluding hydrogens is 195 g/mol. The topological polar surface area (TPSA) is 101 Å². The Labute approximate surface area is 71.0 Å². The van der Waals surface area contributed by atoms with Crippen LogP contribution in [0.15, 0.2) is 0 Å². The van der Waals surface area contributed by atoms with Crippen LogP contribution in [-0.2, 0) is 9.59 Å². The van der Waals surface area contributed by atoms with Gasteiger partial charge in [-0.3, -0.25) is 4.79 Å². The number of rotatable bonds is 2. The maximum Gasteiger partial charge on any atom is 0.490 e. The molecule has 0 aliphatic carbocycles. The molecule has 4 N–H and O–H groups in total. The van der Waals surface area contributed by atoms with Crippen LogP contribution in [0.25, 0.3) is 0 Å². The van der Waals surface area contributed by atoms with E-state index in [0.717, 1.165) is 0 Å². The van der Waals surface area contributed by atoms with Gasteiger partial charge in [-0.1, -0.05) is 0 Å². The van der Waals surface area contributed by atoms with E-state index in [9.17, 15) is 18.0 Å². The lowest BCUT2D eigenvalue weighted by atomic mass is 10.5. The minimum absolute atomic E-state index is 0.0694. The molecule has 0 aliphatic heterocycles. The maximum atomic E-state index is 10.6. The summed E-state index contributed by atoms with van der Waals surface area (Å²) in [6.07, 6.45) is -5.01. The Bertz CT molecular complexity index is 179. The van der Waals surface area contributed by atoms with Crippen LogP contribution in [-0.4, -0.2) is 34.9 Å². The van der Waals surface area contributed by atoms with E-state index in [1.165, 1.54) is 0 Å². The predicted molar refractivity (Wildman–Crippen MR) is 35.0 cm³/mol. The third-order valence-corrected chi connectivity index (χ3v) is 0.601. The van der Waals surface area contributed by atoms with Gasteiger partial charge >= 0.3 is 18.1 Å². The number of hydrogen-bond acceptors (Lipinski definition) is 3. The van der Waals surface area contributed by atoms with Gasteiger partial charge in [-0.15, -0.1) is 0 Å². The van der Waals surface area contributed by atoms with Gasteiger partial charge in [-0.05, 0) is 0 Å². The Morgan fingerprint density at radius 1 is 1.23 bits per heavy atom. The Hall–Kier alpha value is -1.31. The van der Waals surface area contributed by atoms with Crippen molar-refractivity contribution in [2.45, 2.75) is 12.6 Å². The van der Waals surface area contributed by atoms with E-state index in [0.29, 0.717) is 0 Å². The summed E-state index contributed by atoms with van der Waals surface area (Å²) in [6.45, 7) is 0.231. The van der Waals surface area contributed by atoms with Crippen molar-refractivity contribution in [1.82, 2.24) is 0 Å². The molecule has 0 amide bonds. The second-order valence-corrected chi connectivity index (χ2v) is 1.74. The van der Waals surface area contributed by atoms with Crippen molar-refractivity contribution in [2.75, 3.05) is 6.54 Å². The highest BCUT2D eigenvalue weighted by atomic mass is 19.4. The van der Waals surface area contributed by atoms with Gasteiger partial charge in [0.1, 0.15) is 0 Å². The molecule has 0 spiro atoms. The molecule has 0 rings (SSSR count). The lowest BCUT2D eigenvalue weighted by Crippen LogP contribution is -2.21. The van der Waals surface area contributed by atoms with Crippen molar-refractivity contribution in [1.29, 1.82) is 0 Å². The summed E-state index contributed by atoms with van der Waals surface area (Å²) in [4.78, 5) is 18.4. The van der Waals surface area contributed by atoms with E-state index in [-0.39, 0.29) is 13.0 Å². The van der Waals surface area contributed by atoms with Crippen molar-refractivity contribution >= 4 is 11.9 Å². The fraction of sp³-hybridized carbons (Fsp3) is 0.600. The smallest absolute Gasteiger partial charge is 0.481 e. The molecule has 8 heteroatoms. The predicted octanol–water partition coefficient (Wildman–Crippen LogP) is 0.0531. The third kappa shape index (κ3) is 13.7. The molecule has 0 saturated carbocycles. The van der Waals surface area contributed by atoms with E-state index < -0.39 is 18.1 Å². The summed E-state index contributed by atoms with van der Waals surface area (Å²) in [5.41, 5.74) is 4.85. The van der Waals surface area contributed by atoms with Gasteiger partial charge in [-0.25, -0.2) is 4.79 Å². The fourth-order valence-electron chi connectivity index (χ4n) is 0.123. The van der Waals surface area contributed by atoms with Crippen LogP contribution in [0.1, 0.15) is 6.42 Å². The number of hydrogen-bond donors (Lipinski definition) is 3. The second-order valence-electron chi connectivity index (χ2n) is 1.74. The summed E-state index contributed by atoms with van der Waals surface area (Å²) in [5, 5.41) is 15.0. The Kier molecular flexibility index (Phi) is 6.82. The molecule has 0 aromatic rings. The minimum Gasteiger partial charge on any atom is -0.481 e. The molecule has 0 heterocycles. The third-order valence-electron chi connectivity index (χ3n) is 0.601. The number of alkyl halides is 3. The van der Waals surface area contributed by atoms with E-state index in [4.69, 9.17) is 20.7 Å². The minimum atomic E-state index is -5.08. The average molecular weight is 203 g/mol. The van der Waals surface area contributed by atoms with E-state index in [1.54, 1.807) is 0 Å². The molecule has 0 saturated heterocycles. The standard InChI is InChI=1S/C3H7NO2.C2HF3O2/c4-2-1-3(5)6;3-2(4,5)1(6)7/h1-2,4H2,(H,5,6);(H,6,7). The van der Waals surface area contributed by atoms with Crippen molar-refractivity contribution in [2.24, 2.45) is 5.73 Å². The first-order valence-electron chi connectivity index (χ1n) is 2.93. The molecule has 13 heavy (non-hydrogen) atoms. The number of carboxylic acid groups (broad SMARTS) is 2. The van der Waals surface area contributed by atoms with Gasteiger partial charge in [-0.2, -0.15) is 13.2 Å². The highest BCUT2D eigenvalue weighted by Gasteiger charge is 2.38. The summed E-state index contributed by atoms with van der Waals surface area (Å²) < 4.78 is 31.7. The number of aliphatic carboxylic acids is 2. The zero-order valence-electron chi connectivity index (χ0n) is 6.34. The Balaban J connectivity index is 0. The van der Waals surface area contributed by atoms with Gasteiger partial charge in [0.15, 0.2) is 0 Å². The number of nitrogens with two attached hydrogens (primary N) is 1. The Morgan fingerprint density at radius 2 is 1.54 bits per heavy atom. The molecule has 0 aliphatic rings. The number of halogens is 3. The molecule has 0 atom stereocenters. The molecule has 0 aromatic heterocycles. The number of carboxylic acids is 2. The van der Waals surface area contributed by atoms with Crippen LogP contribution in [0.2, 0.25) is 0 Å². The van der Waals surface area contributed by atoms with Crippen molar-refractivity contribution < 1.29 is 33.0 Å². The highest BCUT2D eigenvalue weighted by molar-refractivity contribution is 5.73. The Morgan fingerprint density at radius 3 is 1.54 bits per heavy atom. The zero-order valence-corrected chi connectivity index (χ0v) is 6.34. The van der Waals surface area contributed by atoms with Gasteiger partial charge in [0.05, 0.1) is 6.42 Å².